The number of aromatic nitrogens is 3. The molecule has 0 aliphatic heterocycles. The molecule has 0 radical (unpaired) electrons. The minimum absolute atomic E-state index is 0.588. The van der Waals surface area contributed by atoms with Gasteiger partial charge in [-0.15, -0.1) is 0 Å². The highest BCUT2D eigenvalue weighted by Gasteiger charge is 2.13. The zero-order chi connectivity index (χ0) is 21.8. The van der Waals surface area contributed by atoms with Gasteiger partial charge in [0.15, 0.2) is 0 Å². The molecule has 0 unspecified atom stereocenters. The number of rotatable bonds is 6. The summed E-state index contributed by atoms with van der Waals surface area (Å²) in [5.41, 5.74) is 8.29. The topological polar surface area (TPSA) is 82.8 Å². The van der Waals surface area contributed by atoms with E-state index in [1.807, 2.05) is 43.7 Å². The van der Waals surface area contributed by atoms with Crippen molar-refractivity contribution in [2.45, 2.75) is 59.8 Å². The summed E-state index contributed by atoms with van der Waals surface area (Å²) in [5, 5.41) is 7.25. The highest BCUT2D eigenvalue weighted by atomic mass is 35.5. The molecule has 0 fully saturated rings. The van der Waals surface area contributed by atoms with Crippen LogP contribution in [0.5, 0.6) is 0 Å². The highest BCUT2D eigenvalue weighted by Crippen LogP contribution is 2.27. The van der Waals surface area contributed by atoms with Crippen LogP contribution in [0.25, 0.3) is 21.9 Å². The molecule has 0 aliphatic rings. The van der Waals surface area contributed by atoms with Gasteiger partial charge in [-0.2, -0.15) is 0 Å². The summed E-state index contributed by atoms with van der Waals surface area (Å²) in [7, 11) is 1.97. The number of hydrogen-bond acceptors (Lipinski definition) is 5. The molecule has 0 bridgehead atoms. The van der Waals surface area contributed by atoms with Gasteiger partial charge in [0.05, 0.1) is 17.2 Å². The Bertz CT molecular complexity index is 916. The Morgan fingerprint density at radius 3 is 2.38 bits per heavy atom. The van der Waals surface area contributed by atoms with Crippen LogP contribution in [-0.2, 0) is 13.5 Å². The van der Waals surface area contributed by atoms with Gasteiger partial charge < -0.3 is 10.3 Å². The number of unbranched alkanes of at least 4 members (excludes halogenated alkanes) is 3. The number of pyridine rings is 1. The summed E-state index contributed by atoms with van der Waals surface area (Å²) < 4.78 is 2.04. The van der Waals surface area contributed by atoms with Gasteiger partial charge in [0, 0.05) is 35.0 Å². The molecule has 0 amide bonds. The lowest BCUT2D eigenvalue weighted by Crippen LogP contribution is -2.01. The van der Waals surface area contributed by atoms with Gasteiger partial charge in [0.2, 0.25) is 0 Å². The first-order chi connectivity index (χ1) is 14.0. The average molecular weight is 436 g/mol. The Morgan fingerprint density at radius 2 is 1.83 bits per heavy atom. The minimum Gasteiger partial charge on any atom is -0.404 e. The van der Waals surface area contributed by atoms with Gasteiger partial charge in [-0.3, -0.25) is 10.1 Å². The van der Waals surface area contributed by atoms with Crippen molar-refractivity contribution in [1.82, 2.24) is 14.5 Å². The van der Waals surface area contributed by atoms with Crippen LogP contribution in [-0.4, -0.2) is 14.5 Å². The second kappa shape index (κ2) is 13.5. The lowest BCUT2D eigenvalue weighted by atomic mass is 10.2. The molecule has 0 aliphatic carbocycles. The fourth-order valence-corrected chi connectivity index (χ4v) is 3.33. The molecule has 0 saturated heterocycles. The zero-order valence-electron chi connectivity index (χ0n) is 18.2. The average Bonchev–Trinajstić information content (AvgIpc) is 3.08. The summed E-state index contributed by atoms with van der Waals surface area (Å²) in [5.74, 6) is 0.883. The number of benzene rings is 1. The second-order valence-electron chi connectivity index (χ2n) is 6.38. The molecule has 0 saturated carbocycles. The van der Waals surface area contributed by atoms with E-state index >= 15 is 0 Å². The van der Waals surface area contributed by atoms with Crippen molar-refractivity contribution in [2.75, 3.05) is 0 Å². The fraction of sp³-hybridized carbons (Fsp3) is 0.455. The number of halogens is 1. The smallest absolute Gasteiger partial charge is 0.114 e. The van der Waals surface area contributed by atoms with Crippen LogP contribution in [0.2, 0.25) is 5.02 Å². The van der Waals surface area contributed by atoms with Gasteiger partial charge in [0.1, 0.15) is 11.3 Å². The SMILES string of the molecule is CC.CCCCCC.Cn1c(C/C(=C/N)SN)nc2cnc3ccc(Cl)cc3c21. The number of fused-ring (bicyclic) bond motifs is 3. The van der Waals surface area contributed by atoms with E-state index in [1.54, 1.807) is 6.20 Å². The van der Waals surface area contributed by atoms with Crippen LogP contribution in [0.1, 0.15) is 59.2 Å². The monoisotopic (exact) mass is 435 g/mol. The van der Waals surface area contributed by atoms with Crippen molar-refractivity contribution in [1.29, 1.82) is 0 Å². The largest absolute Gasteiger partial charge is 0.404 e. The van der Waals surface area contributed by atoms with Crippen molar-refractivity contribution in [3.8, 4) is 0 Å². The van der Waals surface area contributed by atoms with E-state index in [1.165, 1.54) is 31.9 Å². The summed E-state index contributed by atoms with van der Waals surface area (Å²) in [6, 6.07) is 5.65. The van der Waals surface area contributed by atoms with Crippen molar-refractivity contribution in [3.05, 3.63) is 46.3 Å². The van der Waals surface area contributed by atoms with Crippen LogP contribution < -0.4 is 10.9 Å². The summed E-state index contributed by atoms with van der Waals surface area (Å²) >= 11 is 7.24. The van der Waals surface area contributed by atoms with Crippen molar-refractivity contribution in [3.63, 3.8) is 0 Å². The van der Waals surface area contributed by atoms with Gasteiger partial charge in [0.25, 0.3) is 0 Å². The third-order valence-electron chi connectivity index (χ3n) is 4.38. The maximum absolute atomic E-state index is 6.10. The first-order valence-corrected chi connectivity index (χ1v) is 11.5. The van der Waals surface area contributed by atoms with E-state index in [2.05, 4.69) is 23.8 Å². The first kappa shape index (κ1) is 25.3. The molecular formula is C22H34ClN5S. The molecule has 0 atom stereocenters. The van der Waals surface area contributed by atoms with Crippen LogP contribution >= 0.6 is 23.5 Å². The molecule has 4 N–H and O–H groups in total. The number of nitrogens with zero attached hydrogens (tertiary/aromatic N) is 3. The Morgan fingerprint density at radius 1 is 1.17 bits per heavy atom. The Hall–Kier alpha value is -1.76. The molecule has 2 aromatic heterocycles. The van der Waals surface area contributed by atoms with E-state index in [0.29, 0.717) is 11.4 Å². The normalized spacial score (nSPS) is 11.1. The van der Waals surface area contributed by atoms with Crippen molar-refractivity contribution >= 4 is 45.5 Å². The van der Waals surface area contributed by atoms with Crippen molar-refractivity contribution in [2.24, 2.45) is 17.9 Å². The molecule has 3 aromatic rings. The molecule has 7 heteroatoms. The Balaban J connectivity index is 0.000000454. The molecule has 29 heavy (non-hydrogen) atoms. The van der Waals surface area contributed by atoms with Crippen LogP contribution in [0.15, 0.2) is 35.5 Å². The van der Waals surface area contributed by atoms with Gasteiger partial charge in [-0.1, -0.05) is 76.9 Å². The maximum Gasteiger partial charge on any atom is 0.114 e. The summed E-state index contributed by atoms with van der Waals surface area (Å²) in [6.45, 7) is 8.46. The van der Waals surface area contributed by atoms with Crippen molar-refractivity contribution < 1.29 is 0 Å². The van der Waals surface area contributed by atoms with Crippen LogP contribution in [0, 0.1) is 0 Å². The third-order valence-corrected chi connectivity index (χ3v) is 5.20. The van der Waals surface area contributed by atoms with E-state index in [0.717, 1.165) is 44.6 Å². The lowest BCUT2D eigenvalue weighted by Gasteiger charge is -2.05. The molecule has 0 spiro atoms. The Kier molecular flexibility index (Phi) is 11.7. The maximum atomic E-state index is 6.10. The molecular weight excluding hydrogens is 402 g/mol. The standard InChI is InChI=1S/C14H14ClN5S.C6H14.C2H6/c1-20-13(5-9(6-16)21-17)19-12-7-18-11-3-2-8(15)4-10(11)14(12)20;1-3-5-6-4-2;1-2/h2-4,6-7H,5,16-17H2,1H3;3-6H2,1-2H3;1-2H3/b9-6-;;. The van der Waals surface area contributed by atoms with Crippen LogP contribution in [0.3, 0.4) is 0 Å². The zero-order valence-corrected chi connectivity index (χ0v) is 19.8. The minimum atomic E-state index is 0.588. The number of imidazole rings is 1. The molecule has 5 nitrogen and oxygen atoms in total. The molecule has 2 heterocycles. The molecule has 1 aromatic carbocycles. The van der Waals surface area contributed by atoms with Gasteiger partial charge >= 0.3 is 0 Å². The van der Waals surface area contributed by atoms with E-state index < -0.39 is 0 Å². The summed E-state index contributed by atoms with van der Waals surface area (Å²) in [4.78, 5) is 9.91. The number of aryl methyl sites for hydroxylation is 1. The van der Waals surface area contributed by atoms with Gasteiger partial charge in [-0.25, -0.2) is 4.98 Å². The predicted molar refractivity (Wildman–Crippen MR) is 130 cm³/mol. The lowest BCUT2D eigenvalue weighted by molar-refractivity contribution is 0.702. The summed E-state index contributed by atoms with van der Waals surface area (Å²) in [6.07, 6.45) is 9.41. The highest BCUT2D eigenvalue weighted by molar-refractivity contribution is 8.00. The second-order valence-corrected chi connectivity index (χ2v) is 7.57. The van der Waals surface area contributed by atoms with E-state index in [-0.39, 0.29) is 0 Å². The molecule has 3 rings (SSSR count). The van der Waals surface area contributed by atoms with E-state index in [9.17, 15) is 0 Å². The fourth-order valence-electron chi connectivity index (χ4n) is 2.87. The van der Waals surface area contributed by atoms with E-state index in [4.69, 9.17) is 22.5 Å². The third kappa shape index (κ3) is 6.91. The first-order valence-electron chi connectivity index (χ1n) is 10.2. The predicted octanol–water partition coefficient (Wildman–Crippen LogP) is 6.34. The number of allylic oxidation sites excluding steroid dienone is 1. The quantitative estimate of drug-likeness (QED) is 0.348. The Labute approximate surface area is 184 Å². The molecule has 160 valence electrons. The van der Waals surface area contributed by atoms with Gasteiger partial charge in [-0.05, 0) is 18.2 Å². The number of nitrogens with two attached hydrogens (primary N) is 2. The van der Waals surface area contributed by atoms with Crippen LogP contribution in [0.4, 0.5) is 0 Å². The number of hydrogen-bond donors (Lipinski definition) is 2.